The van der Waals surface area contributed by atoms with Gasteiger partial charge in [0, 0.05) is 29.6 Å². The number of unbranched alkanes of at least 4 members (excludes halogenated alkanes) is 2. The lowest BCUT2D eigenvalue weighted by Crippen LogP contribution is -2.43. The first-order valence-corrected chi connectivity index (χ1v) is 15.3. The molecule has 1 aliphatic heterocycles. The van der Waals surface area contributed by atoms with Gasteiger partial charge < -0.3 is 10.3 Å². The molecule has 0 saturated heterocycles. The largest absolute Gasteiger partial charge is 0.378 e. The maximum Gasteiger partial charge on any atom is 0.349 e. The summed E-state index contributed by atoms with van der Waals surface area (Å²) in [7, 11) is 0. The van der Waals surface area contributed by atoms with Crippen molar-refractivity contribution in [2.45, 2.75) is 97.1 Å². The van der Waals surface area contributed by atoms with Gasteiger partial charge in [-0.1, -0.05) is 77.0 Å². The Morgan fingerprint density at radius 2 is 1.70 bits per heavy atom. The molecule has 0 bridgehead atoms. The highest BCUT2D eigenvalue weighted by Gasteiger charge is 2.36. The van der Waals surface area contributed by atoms with Gasteiger partial charge in [-0.05, 0) is 56.0 Å². The van der Waals surface area contributed by atoms with Crippen LogP contribution in [0.5, 0.6) is 0 Å². The van der Waals surface area contributed by atoms with Crippen molar-refractivity contribution in [2.75, 3.05) is 10.2 Å². The van der Waals surface area contributed by atoms with Gasteiger partial charge >= 0.3 is 6.03 Å². The third-order valence-electron chi connectivity index (χ3n) is 8.28. The first-order chi connectivity index (χ1) is 19.7. The first kappa shape index (κ1) is 27.9. The van der Waals surface area contributed by atoms with E-state index in [1.165, 1.54) is 19.3 Å². The molecule has 40 heavy (non-hydrogen) atoms. The molecule has 0 spiro atoms. The molecule has 7 heteroatoms. The molecule has 1 aliphatic carbocycles. The van der Waals surface area contributed by atoms with Crippen molar-refractivity contribution < 1.29 is 4.79 Å². The van der Waals surface area contributed by atoms with Crippen LogP contribution in [0.25, 0.3) is 0 Å². The van der Waals surface area contributed by atoms with E-state index in [0.717, 1.165) is 85.5 Å². The molecule has 212 valence electrons. The van der Waals surface area contributed by atoms with E-state index < -0.39 is 0 Å². The lowest BCUT2D eigenvalue weighted by Gasteiger charge is -2.32. The van der Waals surface area contributed by atoms with E-state index in [1.807, 2.05) is 46.4 Å². The predicted octanol–water partition coefficient (Wildman–Crippen LogP) is 8.63. The van der Waals surface area contributed by atoms with Gasteiger partial charge in [-0.2, -0.15) is 5.10 Å². The smallest absolute Gasteiger partial charge is 0.349 e. The highest BCUT2D eigenvalue weighted by atomic mass is 16.2. The van der Waals surface area contributed by atoms with E-state index in [9.17, 15) is 4.79 Å². The number of hydrazone groups is 1. The molecule has 7 nitrogen and oxygen atoms in total. The number of nitrogens with one attached hydrogen (secondary N) is 2. The fourth-order valence-corrected chi connectivity index (χ4v) is 6.05. The maximum absolute atomic E-state index is 14.6. The van der Waals surface area contributed by atoms with Crippen LogP contribution in [0.4, 0.5) is 21.9 Å². The number of amides is 2. The zero-order chi connectivity index (χ0) is 27.7. The van der Waals surface area contributed by atoms with E-state index in [0.29, 0.717) is 12.5 Å². The van der Waals surface area contributed by atoms with Crippen LogP contribution < -0.4 is 10.2 Å². The molecule has 2 aromatic carbocycles. The molecule has 0 radical (unpaired) electrons. The molecular formula is C33H44N6O. The molecule has 2 heterocycles. The molecule has 5 rings (SSSR count). The summed E-state index contributed by atoms with van der Waals surface area (Å²) in [5, 5.41) is 10.6. The number of carbonyl (C=O) groups excluding carboxylic acids is 1. The minimum atomic E-state index is -0.0493. The Kier molecular flexibility index (Phi) is 9.53. The fraction of sp³-hybridized carbons (Fsp3) is 0.485. The number of fused-ring (bicyclic) bond motifs is 1. The number of anilines is 3. The fourth-order valence-electron chi connectivity index (χ4n) is 6.05. The number of imidazole rings is 1. The lowest BCUT2D eigenvalue weighted by atomic mass is 9.83. The summed E-state index contributed by atoms with van der Waals surface area (Å²) in [6.45, 7) is 5.06. The normalized spacial score (nSPS) is 16.2. The molecule has 2 N–H and O–H groups in total. The summed E-state index contributed by atoms with van der Waals surface area (Å²) in [5.41, 5.74) is 4.96. The average Bonchev–Trinajstić information content (AvgIpc) is 3.48. The number of hydrogen-bond donors (Lipinski definition) is 2. The number of nitrogens with zero attached hydrogens (tertiary/aromatic N) is 4. The van der Waals surface area contributed by atoms with Crippen LogP contribution in [0.15, 0.2) is 66.0 Å². The summed E-state index contributed by atoms with van der Waals surface area (Å²) in [4.78, 5) is 23.9. The highest BCUT2D eigenvalue weighted by molar-refractivity contribution is 6.13. The Morgan fingerprint density at radius 3 is 2.38 bits per heavy atom. The van der Waals surface area contributed by atoms with E-state index in [2.05, 4.69) is 47.3 Å². The number of rotatable bonds is 12. The molecule has 3 aromatic rings. The standard InChI is InChI=1S/C33H44N6O/c1-3-5-14-28(15-6-4-2)39-33(40)38(27-20-18-26(19-21-27)36-24-31-34-22-23-35-31)30-17-11-10-16-29(30)32(37-39)25-12-8-7-9-13-25/h10-11,16-23,25,28,36H,3-9,12-15,24H2,1-2H3,(H,34,35). The van der Waals surface area contributed by atoms with Gasteiger partial charge in [-0.25, -0.2) is 14.8 Å². The molecule has 1 aromatic heterocycles. The third kappa shape index (κ3) is 6.40. The van der Waals surface area contributed by atoms with Crippen molar-refractivity contribution in [1.82, 2.24) is 15.0 Å². The molecule has 0 atom stereocenters. The van der Waals surface area contributed by atoms with Crippen molar-refractivity contribution in [2.24, 2.45) is 11.0 Å². The van der Waals surface area contributed by atoms with Crippen LogP contribution in [-0.2, 0) is 6.54 Å². The predicted molar refractivity (Wildman–Crippen MR) is 164 cm³/mol. The third-order valence-corrected chi connectivity index (χ3v) is 8.28. The number of aromatic nitrogens is 2. The van der Waals surface area contributed by atoms with E-state index >= 15 is 0 Å². The average molecular weight is 541 g/mol. The molecule has 2 aliphatic rings. The number of benzene rings is 2. The monoisotopic (exact) mass is 540 g/mol. The van der Waals surface area contributed by atoms with Gasteiger partial charge in [0.1, 0.15) is 5.82 Å². The van der Waals surface area contributed by atoms with Crippen molar-refractivity contribution in [3.63, 3.8) is 0 Å². The maximum atomic E-state index is 14.6. The van der Waals surface area contributed by atoms with Crippen LogP contribution in [-0.4, -0.2) is 32.8 Å². The minimum Gasteiger partial charge on any atom is -0.378 e. The Bertz CT molecular complexity index is 1240. The van der Waals surface area contributed by atoms with Crippen LogP contribution in [0, 0.1) is 5.92 Å². The summed E-state index contributed by atoms with van der Waals surface area (Å²) in [6.07, 6.45) is 16.0. The number of carbonyl (C=O) groups is 1. The number of aromatic amines is 1. The first-order valence-electron chi connectivity index (χ1n) is 15.3. The molecule has 0 unspecified atom stereocenters. The van der Waals surface area contributed by atoms with Gasteiger partial charge in [0.05, 0.1) is 29.7 Å². The van der Waals surface area contributed by atoms with Gasteiger partial charge in [-0.3, -0.25) is 4.90 Å². The van der Waals surface area contributed by atoms with Crippen molar-refractivity contribution in [3.05, 3.63) is 72.3 Å². The van der Waals surface area contributed by atoms with E-state index in [1.54, 1.807) is 6.20 Å². The Hall–Kier alpha value is -3.61. The number of hydrogen-bond acceptors (Lipinski definition) is 4. The molecule has 1 fully saturated rings. The van der Waals surface area contributed by atoms with Crippen LogP contribution in [0.3, 0.4) is 0 Å². The quantitative estimate of drug-likeness (QED) is 0.241. The number of H-pyrrole nitrogens is 1. The molecule has 2 amide bonds. The van der Waals surface area contributed by atoms with Gasteiger partial charge in [0.2, 0.25) is 0 Å². The SMILES string of the molecule is CCCCC(CCCC)N1N=C(C2CCCCC2)c2ccccc2N(c2ccc(NCc3ncc[nH]3)cc2)C1=O. The van der Waals surface area contributed by atoms with E-state index in [-0.39, 0.29) is 12.1 Å². The Morgan fingerprint density at radius 1 is 0.975 bits per heavy atom. The zero-order valence-electron chi connectivity index (χ0n) is 24.1. The summed E-state index contributed by atoms with van der Waals surface area (Å²) < 4.78 is 0. The second-order valence-corrected chi connectivity index (χ2v) is 11.2. The minimum absolute atomic E-state index is 0.0493. The van der Waals surface area contributed by atoms with E-state index in [4.69, 9.17) is 5.10 Å². The second-order valence-electron chi connectivity index (χ2n) is 11.2. The summed E-state index contributed by atoms with van der Waals surface area (Å²) in [6, 6.07) is 16.6. The van der Waals surface area contributed by atoms with Crippen molar-refractivity contribution in [1.29, 1.82) is 0 Å². The Balaban J connectivity index is 1.53. The summed E-state index contributed by atoms with van der Waals surface area (Å²) in [5.74, 6) is 1.27. The van der Waals surface area contributed by atoms with Gasteiger partial charge in [0.25, 0.3) is 0 Å². The number of para-hydroxylation sites is 1. The van der Waals surface area contributed by atoms with Crippen LogP contribution in [0.2, 0.25) is 0 Å². The highest BCUT2D eigenvalue weighted by Crippen LogP contribution is 2.38. The van der Waals surface area contributed by atoms with Crippen molar-refractivity contribution in [3.8, 4) is 0 Å². The topological polar surface area (TPSA) is 76.6 Å². The second kappa shape index (κ2) is 13.6. The molecule has 1 saturated carbocycles. The summed E-state index contributed by atoms with van der Waals surface area (Å²) >= 11 is 0. The van der Waals surface area contributed by atoms with Crippen molar-refractivity contribution >= 4 is 28.8 Å². The zero-order valence-corrected chi connectivity index (χ0v) is 24.1. The Labute approximate surface area is 239 Å². The van der Waals surface area contributed by atoms with Gasteiger partial charge in [-0.15, -0.1) is 0 Å². The number of urea groups is 1. The van der Waals surface area contributed by atoms with Crippen LogP contribution in [0.1, 0.15) is 95.9 Å². The van der Waals surface area contributed by atoms with Gasteiger partial charge in [0.15, 0.2) is 0 Å². The lowest BCUT2D eigenvalue weighted by molar-refractivity contribution is 0.175. The van der Waals surface area contributed by atoms with Crippen LogP contribution >= 0.6 is 0 Å². The molecular weight excluding hydrogens is 496 g/mol.